The highest BCUT2D eigenvalue weighted by Crippen LogP contribution is 2.27. The zero-order valence-corrected chi connectivity index (χ0v) is 20.2. The SMILES string of the molecule is Cc1noc2ncc(C(=O)Nc3ccc(S(=O)(=O)N4CCC(Cc5ccccc5)CC4)cc3)cc12. The van der Waals surface area contributed by atoms with E-state index in [2.05, 4.69) is 27.6 Å². The standard InChI is InChI=1S/C26H26N4O4S/c1-18-24-16-21(17-27-26(24)34-29-18)25(31)28-22-7-9-23(10-8-22)35(32,33)30-13-11-20(12-14-30)15-19-5-3-2-4-6-19/h2-10,16-17,20H,11-15H2,1H3,(H,28,31). The van der Waals surface area contributed by atoms with E-state index in [-0.39, 0.29) is 10.8 Å². The van der Waals surface area contributed by atoms with Crippen LogP contribution in [0.3, 0.4) is 0 Å². The van der Waals surface area contributed by atoms with Crippen LogP contribution in [-0.4, -0.2) is 41.9 Å². The minimum absolute atomic E-state index is 0.222. The molecule has 3 heterocycles. The van der Waals surface area contributed by atoms with Crippen LogP contribution < -0.4 is 5.32 Å². The molecule has 0 saturated carbocycles. The topological polar surface area (TPSA) is 105 Å². The highest BCUT2D eigenvalue weighted by atomic mass is 32.2. The number of rotatable bonds is 6. The van der Waals surface area contributed by atoms with E-state index >= 15 is 0 Å². The lowest BCUT2D eigenvalue weighted by Crippen LogP contribution is -2.38. The van der Waals surface area contributed by atoms with Crippen LogP contribution in [0.5, 0.6) is 0 Å². The van der Waals surface area contributed by atoms with Gasteiger partial charge in [0.15, 0.2) is 0 Å². The number of nitrogens with zero attached hydrogens (tertiary/aromatic N) is 3. The van der Waals surface area contributed by atoms with Crippen LogP contribution in [0, 0.1) is 12.8 Å². The van der Waals surface area contributed by atoms with Crippen molar-refractivity contribution in [2.75, 3.05) is 18.4 Å². The number of sulfonamides is 1. The number of aromatic nitrogens is 2. The largest absolute Gasteiger partial charge is 0.336 e. The number of aryl methyl sites for hydroxylation is 1. The lowest BCUT2D eigenvalue weighted by Gasteiger charge is -2.31. The zero-order valence-electron chi connectivity index (χ0n) is 19.3. The maximum Gasteiger partial charge on any atom is 0.257 e. The number of benzene rings is 2. The minimum Gasteiger partial charge on any atom is -0.336 e. The number of hydrogen-bond donors (Lipinski definition) is 1. The first kappa shape index (κ1) is 23.2. The molecule has 1 saturated heterocycles. The molecule has 2 aromatic carbocycles. The minimum atomic E-state index is -3.59. The van der Waals surface area contributed by atoms with Crippen molar-refractivity contribution >= 4 is 32.7 Å². The third kappa shape index (κ3) is 4.96. The Balaban J connectivity index is 1.21. The first-order chi connectivity index (χ1) is 16.9. The summed E-state index contributed by atoms with van der Waals surface area (Å²) in [4.78, 5) is 17.0. The van der Waals surface area contributed by atoms with Crippen LogP contribution >= 0.6 is 0 Å². The molecule has 1 N–H and O–H groups in total. The summed E-state index contributed by atoms with van der Waals surface area (Å²) < 4.78 is 32.9. The van der Waals surface area contributed by atoms with Gasteiger partial charge in [0, 0.05) is 25.0 Å². The number of hydrogen-bond acceptors (Lipinski definition) is 6. The van der Waals surface area contributed by atoms with Crippen LogP contribution in [0.25, 0.3) is 11.1 Å². The molecule has 5 rings (SSSR count). The lowest BCUT2D eigenvalue weighted by molar-refractivity contribution is 0.102. The van der Waals surface area contributed by atoms with E-state index in [1.165, 1.54) is 23.9 Å². The summed E-state index contributed by atoms with van der Waals surface area (Å²) in [6.45, 7) is 2.80. The van der Waals surface area contributed by atoms with Crippen LogP contribution in [0.4, 0.5) is 5.69 Å². The van der Waals surface area contributed by atoms with Gasteiger partial charge in [0.1, 0.15) is 0 Å². The maximum absolute atomic E-state index is 13.2. The number of fused-ring (bicyclic) bond motifs is 1. The highest BCUT2D eigenvalue weighted by Gasteiger charge is 2.29. The molecule has 0 radical (unpaired) electrons. The Morgan fingerprint density at radius 1 is 1.09 bits per heavy atom. The Morgan fingerprint density at radius 3 is 2.51 bits per heavy atom. The number of carbonyl (C=O) groups excluding carboxylic acids is 1. The first-order valence-electron chi connectivity index (χ1n) is 11.6. The second-order valence-corrected chi connectivity index (χ2v) is 10.8. The fraction of sp³-hybridized carbons (Fsp3) is 0.269. The van der Waals surface area contributed by atoms with E-state index in [1.54, 1.807) is 29.4 Å². The molecule has 1 fully saturated rings. The fourth-order valence-electron chi connectivity index (χ4n) is 4.43. The number of piperidine rings is 1. The van der Waals surface area contributed by atoms with Crippen molar-refractivity contribution in [3.63, 3.8) is 0 Å². The summed E-state index contributed by atoms with van der Waals surface area (Å²) in [5, 5.41) is 7.30. The van der Waals surface area contributed by atoms with E-state index in [4.69, 9.17) is 4.52 Å². The molecule has 180 valence electrons. The van der Waals surface area contributed by atoms with E-state index in [1.807, 2.05) is 18.2 Å². The van der Waals surface area contributed by atoms with Crippen LogP contribution in [0.1, 0.15) is 34.5 Å². The average molecular weight is 491 g/mol. The molecule has 4 aromatic rings. The molecule has 1 aliphatic rings. The summed E-state index contributed by atoms with van der Waals surface area (Å²) in [7, 11) is -3.59. The number of anilines is 1. The molecular weight excluding hydrogens is 464 g/mol. The predicted octanol–water partition coefficient (Wildman–Crippen LogP) is 4.43. The van der Waals surface area contributed by atoms with Crippen molar-refractivity contribution in [3.8, 4) is 0 Å². The van der Waals surface area contributed by atoms with E-state index < -0.39 is 10.0 Å². The van der Waals surface area contributed by atoms with Gasteiger partial charge in [0.2, 0.25) is 10.0 Å². The van der Waals surface area contributed by atoms with Gasteiger partial charge >= 0.3 is 0 Å². The Labute approximate surface area is 204 Å². The summed E-state index contributed by atoms with van der Waals surface area (Å²) in [5.41, 5.74) is 3.17. The van der Waals surface area contributed by atoms with Gasteiger partial charge in [-0.1, -0.05) is 35.5 Å². The van der Waals surface area contributed by atoms with Crippen LogP contribution in [-0.2, 0) is 16.4 Å². The van der Waals surface area contributed by atoms with Gasteiger partial charge in [0.25, 0.3) is 11.6 Å². The van der Waals surface area contributed by atoms with Gasteiger partial charge in [-0.25, -0.2) is 13.4 Å². The first-order valence-corrected chi connectivity index (χ1v) is 13.0. The quantitative estimate of drug-likeness (QED) is 0.429. The van der Waals surface area contributed by atoms with Crippen molar-refractivity contribution in [2.45, 2.75) is 31.1 Å². The average Bonchev–Trinajstić information content (AvgIpc) is 3.25. The zero-order chi connectivity index (χ0) is 24.4. The van der Waals surface area contributed by atoms with Crippen molar-refractivity contribution in [3.05, 3.63) is 83.7 Å². The van der Waals surface area contributed by atoms with E-state index in [0.29, 0.717) is 47.1 Å². The molecule has 9 heteroatoms. The molecule has 0 atom stereocenters. The third-order valence-corrected chi connectivity index (χ3v) is 8.38. The second kappa shape index (κ2) is 9.59. The molecule has 0 spiro atoms. The number of nitrogens with one attached hydrogen (secondary N) is 1. The predicted molar refractivity (Wildman–Crippen MR) is 133 cm³/mol. The molecule has 1 amide bonds. The third-order valence-electron chi connectivity index (χ3n) is 6.46. The lowest BCUT2D eigenvalue weighted by atomic mass is 9.91. The summed E-state index contributed by atoms with van der Waals surface area (Å²) in [5.74, 6) is 0.132. The monoisotopic (exact) mass is 490 g/mol. The number of amides is 1. The van der Waals surface area contributed by atoms with Gasteiger partial charge in [-0.2, -0.15) is 4.31 Å². The molecular formula is C26H26N4O4S. The smallest absolute Gasteiger partial charge is 0.257 e. The van der Waals surface area contributed by atoms with Gasteiger partial charge in [0.05, 0.1) is 21.5 Å². The van der Waals surface area contributed by atoms with E-state index in [0.717, 1.165) is 19.3 Å². The number of pyridine rings is 1. The molecule has 8 nitrogen and oxygen atoms in total. The van der Waals surface area contributed by atoms with Crippen molar-refractivity contribution in [1.82, 2.24) is 14.4 Å². The Morgan fingerprint density at radius 2 is 1.80 bits per heavy atom. The summed E-state index contributed by atoms with van der Waals surface area (Å²) >= 11 is 0. The molecule has 1 aliphatic heterocycles. The molecule has 2 aromatic heterocycles. The Bertz CT molecular complexity index is 1440. The molecule has 35 heavy (non-hydrogen) atoms. The molecule has 0 bridgehead atoms. The summed E-state index contributed by atoms with van der Waals surface area (Å²) in [6.07, 6.45) is 4.07. The van der Waals surface area contributed by atoms with E-state index in [9.17, 15) is 13.2 Å². The fourth-order valence-corrected chi connectivity index (χ4v) is 5.90. The van der Waals surface area contributed by atoms with Crippen molar-refractivity contribution in [2.24, 2.45) is 5.92 Å². The summed E-state index contributed by atoms with van der Waals surface area (Å²) in [6, 6.07) is 18.3. The van der Waals surface area contributed by atoms with Crippen LogP contribution in [0.15, 0.2) is 76.3 Å². The molecule has 0 aliphatic carbocycles. The van der Waals surface area contributed by atoms with Gasteiger partial charge in [-0.3, -0.25) is 4.79 Å². The Hall–Kier alpha value is -3.56. The van der Waals surface area contributed by atoms with Gasteiger partial charge < -0.3 is 9.84 Å². The maximum atomic E-state index is 13.2. The normalized spacial score (nSPS) is 15.3. The Kier molecular flexibility index (Phi) is 6.36. The van der Waals surface area contributed by atoms with Crippen molar-refractivity contribution in [1.29, 1.82) is 0 Å². The van der Waals surface area contributed by atoms with Crippen LogP contribution in [0.2, 0.25) is 0 Å². The van der Waals surface area contributed by atoms with Gasteiger partial charge in [-0.15, -0.1) is 0 Å². The van der Waals surface area contributed by atoms with Gasteiger partial charge in [-0.05, 0) is 68.0 Å². The highest BCUT2D eigenvalue weighted by molar-refractivity contribution is 7.89. The molecule has 0 unspecified atom stereocenters. The second-order valence-electron chi connectivity index (χ2n) is 8.86. The number of carbonyl (C=O) groups is 1. The van der Waals surface area contributed by atoms with Crippen molar-refractivity contribution < 1.29 is 17.7 Å².